The van der Waals surface area contributed by atoms with Gasteiger partial charge in [-0.3, -0.25) is 4.79 Å². The zero-order valence-electron chi connectivity index (χ0n) is 14.6. The van der Waals surface area contributed by atoms with Crippen molar-refractivity contribution in [3.63, 3.8) is 0 Å². The van der Waals surface area contributed by atoms with Crippen molar-refractivity contribution in [2.45, 2.75) is 77.7 Å². The summed E-state index contributed by atoms with van der Waals surface area (Å²) in [4.78, 5) is 17.2. The molecule has 3 aliphatic rings. The fraction of sp³-hybridized carbons (Fsp3) is 0.947. The molecule has 3 nitrogen and oxygen atoms in total. The highest BCUT2D eigenvalue weighted by molar-refractivity contribution is 5.77. The van der Waals surface area contributed by atoms with Crippen molar-refractivity contribution in [3.05, 3.63) is 0 Å². The quantitative estimate of drug-likeness (QED) is 0.773. The summed E-state index contributed by atoms with van der Waals surface area (Å²) >= 11 is 0. The van der Waals surface area contributed by atoms with Crippen LogP contribution in [-0.2, 0) is 4.79 Å². The molecular formula is C19H34N2O. The van der Waals surface area contributed by atoms with Gasteiger partial charge in [0.05, 0.1) is 0 Å². The first kappa shape index (κ1) is 16.3. The zero-order chi connectivity index (χ0) is 15.6. The Morgan fingerprint density at radius 2 is 1.68 bits per heavy atom. The number of amides is 1. The Labute approximate surface area is 136 Å². The number of nitrogens with zero attached hydrogens (tertiary/aromatic N) is 2. The van der Waals surface area contributed by atoms with E-state index in [-0.39, 0.29) is 0 Å². The summed E-state index contributed by atoms with van der Waals surface area (Å²) < 4.78 is 0. The Hall–Kier alpha value is -0.570. The monoisotopic (exact) mass is 306 g/mol. The molecular weight excluding hydrogens is 272 g/mol. The van der Waals surface area contributed by atoms with Crippen molar-refractivity contribution in [2.24, 2.45) is 11.3 Å². The summed E-state index contributed by atoms with van der Waals surface area (Å²) in [6.07, 6.45) is 11.2. The van der Waals surface area contributed by atoms with Gasteiger partial charge in [-0.1, -0.05) is 26.7 Å². The average molecular weight is 306 g/mol. The molecule has 0 aromatic rings. The van der Waals surface area contributed by atoms with Crippen LogP contribution in [0.5, 0.6) is 0 Å². The van der Waals surface area contributed by atoms with Gasteiger partial charge in [-0.25, -0.2) is 0 Å². The third-order valence-corrected chi connectivity index (χ3v) is 6.66. The van der Waals surface area contributed by atoms with Gasteiger partial charge in [0.1, 0.15) is 0 Å². The van der Waals surface area contributed by atoms with E-state index in [0.29, 0.717) is 17.2 Å². The van der Waals surface area contributed by atoms with Gasteiger partial charge >= 0.3 is 0 Å². The molecule has 3 rings (SSSR count). The maximum Gasteiger partial charge on any atom is 0.222 e. The third kappa shape index (κ3) is 3.34. The van der Waals surface area contributed by atoms with Gasteiger partial charge in [0.25, 0.3) is 0 Å². The number of rotatable bonds is 5. The highest BCUT2D eigenvalue weighted by Crippen LogP contribution is 2.42. The summed E-state index contributed by atoms with van der Waals surface area (Å²) in [6, 6.07) is 0.775. The van der Waals surface area contributed by atoms with Crippen LogP contribution in [0.4, 0.5) is 0 Å². The fourth-order valence-electron chi connectivity index (χ4n) is 5.02. The van der Waals surface area contributed by atoms with E-state index >= 15 is 0 Å². The molecule has 2 aliphatic heterocycles. The molecule has 0 radical (unpaired) electrons. The Morgan fingerprint density at radius 3 is 2.23 bits per heavy atom. The second-order valence-electron chi connectivity index (χ2n) is 8.11. The predicted molar refractivity (Wildman–Crippen MR) is 90.8 cm³/mol. The van der Waals surface area contributed by atoms with Gasteiger partial charge in [0, 0.05) is 31.0 Å². The van der Waals surface area contributed by atoms with E-state index in [4.69, 9.17) is 0 Å². The van der Waals surface area contributed by atoms with Crippen LogP contribution in [0.1, 0.15) is 71.6 Å². The first-order valence-corrected chi connectivity index (χ1v) is 9.67. The highest BCUT2D eigenvalue weighted by atomic mass is 16.2. The number of carbonyl (C=O) groups excluding carboxylic acids is 1. The van der Waals surface area contributed by atoms with Crippen molar-refractivity contribution in [1.29, 1.82) is 0 Å². The number of carbonyl (C=O) groups is 1. The molecule has 0 aromatic carbocycles. The van der Waals surface area contributed by atoms with Gasteiger partial charge in [0.15, 0.2) is 0 Å². The van der Waals surface area contributed by atoms with E-state index in [1.807, 2.05) is 0 Å². The van der Waals surface area contributed by atoms with E-state index in [1.165, 1.54) is 64.5 Å². The normalized spacial score (nSPS) is 25.9. The van der Waals surface area contributed by atoms with Crippen LogP contribution in [0.2, 0.25) is 0 Å². The maximum atomic E-state index is 12.4. The first-order chi connectivity index (χ1) is 10.7. The maximum absolute atomic E-state index is 12.4. The van der Waals surface area contributed by atoms with Crippen LogP contribution in [0.15, 0.2) is 0 Å². The van der Waals surface area contributed by atoms with Gasteiger partial charge in [-0.2, -0.15) is 0 Å². The minimum absolute atomic E-state index is 0.444. The molecule has 3 fully saturated rings. The number of likely N-dealkylation sites (tertiary alicyclic amines) is 2. The smallest absolute Gasteiger partial charge is 0.222 e. The molecule has 126 valence electrons. The van der Waals surface area contributed by atoms with Crippen LogP contribution in [0.25, 0.3) is 0 Å². The lowest BCUT2D eigenvalue weighted by molar-refractivity contribution is -0.148. The molecule has 1 saturated carbocycles. The summed E-state index contributed by atoms with van der Waals surface area (Å²) in [5, 5.41) is 0. The lowest BCUT2D eigenvalue weighted by Gasteiger charge is -2.55. The second kappa shape index (κ2) is 6.90. The van der Waals surface area contributed by atoms with Gasteiger partial charge in [0.2, 0.25) is 5.91 Å². The molecule has 1 aliphatic carbocycles. The topological polar surface area (TPSA) is 23.6 Å². The molecule has 1 spiro atoms. The highest BCUT2D eigenvalue weighted by Gasteiger charge is 2.47. The molecule has 2 saturated heterocycles. The van der Waals surface area contributed by atoms with E-state index in [2.05, 4.69) is 23.6 Å². The molecule has 2 heterocycles. The molecule has 1 amide bonds. The number of hydrogen-bond acceptors (Lipinski definition) is 2. The molecule has 0 N–H and O–H groups in total. The molecule has 0 bridgehead atoms. The lowest BCUT2D eigenvalue weighted by atomic mass is 9.71. The van der Waals surface area contributed by atoms with Crippen LogP contribution in [-0.4, -0.2) is 47.9 Å². The van der Waals surface area contributed by atoms with E-state index in [9.17, 15) is 4.79 Å². The summed E-state index contributed by atoms with van der Waals surface area (Å²) in [5.41, 5.74) is 0.480. The minimum atomic E-state index is 0.444. The SMILES string of the molecule is CCC(CC)N1CCC2(CC1)CN(C(=O)CC1CCCC1)C2. The Kier molecular flexibility index (Phi) is 5.11. The van der Waals surface area contributed by atoms with E-state index < -0.39 is 0 Å². The van der Waals surface area contributed by atoms with Crippen molar-refractivity contribution >= 4 is 5.91 Å². The first-order valence-electron chi connectivity index (χ1n) is 9.67. The standard InChI is InChI=1S/C19H34N2O/c1-3-17(4-2)20-11-9-19(10-12-20)14-21(15-19)18(22)13-16-7-5-6-8-16/h16-17H,3-15H2,1-2H3. The molecule has 0 unspecified atom stereocenters. The lowest BCUT2D eigenvalue weighted by Crippen LogP contribution is -2.62. The Balaban J connectivity index is 1.42. The van der Waals surface area contributed by atoms with Crippen molar-refractivity contribution in [3.8, 4) is 0 Å². The Bertz CT molecular complexity index is 369. The molecule has 22 heavy (non-hydrogen) atoms. The average Bonchev–Trinajstić information content (AvgIpc) is 3.00. The van der Waals surface area contributed by atoms with Crippen molar-refractivity contribution in [1.82, 2.24) is 9.80 Å². The largest absolute Gasteiger partial charge is 0.341 e. The fourth-order valence-corrected chi connectivity index (χ4v) is 5.02. The number of hydrogen-bond donors (Lipinski definition) is 0. The van der Waals surface area contributed by atoms with Gasteiger partial charge in [-0.05, 0) is 57.5 Å². The third-order valence-electron chi connectivity index (χ3n) is 6.66. The van der Waals surface area contributed by atoms with Gasteiger partial charge < -0.3 is 9.80 Å². The van der Waals surface area contributed by atoms with Crippen molar-refractivity contribution in [2.75, 3.05) is 26.2 Å². The molecule has 3 heteroatoms. The Morgan fingerprint density at radius 1 is 1.09 bits per heavy atom. The summed E-state index contributed by atoms with van der Waals surface area (Å²) in [5.74, 6) is 1.14. The molecule has 0 aromatic heterocycles. The summed E-state index contributed by atoms with van der Waals surface area (Å²) in [7, 11) is 0. The minimum Gasteiger partial charge on any atom is -0.341 e. The van der Waals surface area contributed by atoms with Crippen LogP contribution < -0.4 is 0 Å². The van der Waals surface area contributed by atoms with Crippen LogP contribution in [0, 0.1) is 11.3 Å². The second-order valence-corrected chi connectivity index (χ2v) is 8.11. The van der Waals surface area contributed by atoms with E-state index in [0.717, 1.165) is 25.6 Å². The number of piperidine rings is 1. The van der Waals surface area contributed by atoms with E-state index in [1.54, 1.807) is 0 Å². The van der Waals surface area contributed by atoms with Crippen molar-refractivity contribution < 1.29 is 4.79 Å². The van der Waals surface area contributed by atoms with Crippen LogP contribution >= 0.6 is 0 Å². The van der Waals surface area contributed by atoms with Gasteiger partial charge in [-0.15, -0.1) is 0 Å². The molecule has 0 atom stereocenters. The van der Waals surface area contributed by atoms with Crippen LogP contribution in [0.3, 0.4) is 0 Å². The summed E-state index contributed by atoms with van der Waals surface area (Å²) in [6.45, 7) is 9.22. The zero-order valence-corrected chi connectivity index (χ0v) is 14.6. The predicted octanol–water partition coefficient (Wildman–Crippen LogP) is 3.68.